The lowest BCUT2D eigenvalue weighted by Crippen LogP contribution is -1.95. The second kappa shape index (κ2) is 4.05. The number of Topliss-reactive ketones (excluding diaryl/α,β-unsaturated/α-hetero) is 1. The van der Waals surface area contributed by atoms with Crippen LogP contribution in [-0.2, 0) is 0 Å². The average molecular weight is 197 g/mol. The Morgan fingerprint density at radius 2 is 1.73 bits per heavy atom. The van der Waals surface area contributed by atoms with E-state index in [1.54, 1.807) is 19.3 Å². The van der Waals surface area contributed by atoms with Gasteiger partial charge in [-0.25, -0.2) is 0 Å². The minimum atomic E-state index is 0.0856. The molecule has 1 aromatic heterocycles. The van der Waals surface area contributed by atoms with Crippen molar-refractivity contribution in [3.8, 4) is 11.1 Å². The number of carbonyl (C=O) groups is 1. The summed E-state index contributed by atoms with van der Waals surface area (Å²) in [4.78, 5) is 15.4. The number of rotatable bonds is 2. The van der Waals surface area contributed by atoms with Crippen LogP contribution in [0, 0.1) is 0 Å². The first-order valence-corrected chi connectivity index (χ1v) is 4.79. The standard InChI is InChI=1S/C13H11NO/c1-10(15)12-4-2-3-5-13(12)11-6-8-14-9-7-11/h2-9H,1H3. The Hall–Kier alpha value is -1.96. The van der Waals surface area contributed by atoms with E-state index < -0.39 is 0 Å². The minimum Gasteiger partial charge on any atom is -0.294 e. The van der Waals surface area contributed by atoms with Crippen LogP contribution in [0.15, 0.2) is 48.8 Å². The van der Waals surface area contributed by atoms with Crippen molar-refractivity contribution in [2.24, 2.45) is 0 Å². The first-order valence-electron chi connectivity index (χ1n) is 4.79. The molecule has 0 unspecified atom stereocenters. The highest BCUT2D eigenvalue weighted by Gasteiger charge is 2.07. The number of benzene rings is 1. The van der Waals surface area contributed by atoms with E-state index >= 15 is 0 Å². The Labute approximate surface area is 88.6 Å². The highest BCUT2D eigenvalue weighted by atomic mass is 16.1. The molecule has 2 aromatic rings. The summed E-state index contributed by atoms with van der Waals surface area (Å²) in [5.74, 6) is 0.0856. The predicted molar refractivity (Wildman–Crippen MR) is 59.7 cm³/mol. The second-order valence-corrected chi connectivity index (χ2v) is 3.34. The highest BCUT2D eigenvalue weighted by Crippen LogP contribution is 2.22. The van der Waals surface area contributed by atoms with Crippen molar-refractivity contribution >= 4 is 5.78 Å². The van der Waals surface area contributed by atoms with E-state index in [2.05, 4.69) is 4.98 Å². The van der Waals surface area contributed by atoms with Crippen LogP contribution in [0.1, 0.15) is 17.3 Å². The molecule has 0 aliphatic heterocycles. The van der Waals surface area contributed by atoms with Gasteiger partial charge in [-0.3, -0.25) is 9.78 Å². The van der Waals surface area contributed by atoms with Gasteiger partial charge in [-0.15, -0.1) is 0 Å². The van der Waals surface area contributed by atoms with E-state index in [9.17, 15) is 4.79 Å². The molecule has 74 valence electrons. The molecule has 0 spiro atoms. The summed E-state index contributed by atoms with van der Waals surface area (Å²) in [6.45, 7) is 1.58. The van der Waals surface area contributed by atoms with Gasteiger partial charge in [-0.05, 0) is 30.2 Å². The highest BCUT2D eigenvalue weighted by molar-refractivity contribution is 6.00. The molecule has 2 nitrogen and oxygen atoms in total. The summed E-state index contributed by atoms with van der Waals surface area (Å²) in [5.41, 5.74) is 2.74. The quantitative estimate of drug-likeness (QED) is 0.693. The van der Waals surface area contributed by atoms with Crippen LogP contribution in [0.5, 0.6) is 0 Å². The summed E-state index contributed by atoms with van der Waals surface area (Å²) >= 11 is 0. The minimum absolute atomic E-state index is 0.0856. The summed E-state index contributed by atoms with van der Waals surface area (Å²) in [5, 5.41) is 0. The molecule has 15 heavy (non-hydrogen) atoms. The maximum atomic E-state index is 11.4. The molecule has 0 saturated carbocycles. The van der Waals surface area contributed by atoms with Crippen LogP contribution in [0.3, 0.4) is 0 Å². The van der Waals surface area contributed by atoms with Crippen molar-refractivity contribution in [3.05, 3.63) is 54.4 Å². The Morgan fingerprint density at radius 1 is 1.07 bits per heavy atom. The van der Waals surface area contributed by atoms with Gasteiger partial charge in [0.25, 0.3) is 0 Å². The summed E-state index contributed by atoms with van der Waals surface area (Å²) in [6.07, 6.45) is 3.46. The van der Waals surface area contributed by atoms with Gasteiger partial charge in [0, 0.05) is 18.0 Å². The third-order valence-electron chi connectivity index (χ3n) is 2.30. The SMILES string of the molecule is CC(=O)c1ccccc1-c1ccncc1. The lowest BCUT2D eigenvalue weighted by atomic mass is 9.98. The molecule has 0 aliphatic rings. The van der Waals surface area contributed by atoms with E-state index in [4.69, 9.17) is 0 Å². The topological polar surface area (TPSA) is 30.0 Å². The fourth-order valence-corrected chi connectivity index (χ4v) is 1.57. The van der Waals surface area contributed by atoms with Gasteiger partial charge >= 0.3 is 0 Å². The van der Waals surface area contributed by atoms with Crippen molar-refractivity contribution in [3.63, 3.8) is 0 Å². The summed E-state index contributed by atoms with van der Waals surface area (Å²) in [6, 6.07) is 11.4. The van der Waals surface area contributed by atoms with Crippen molar-refractivity contribution in [1.82, 2.24) is 4.98 Å². The maximum absolute atomic E-state index is 11.4. The Morgan fingerprint density at radius 3 is 2.40 bits per heavy atom. The Balaban J connectivity index is 2.58. The maximum Gasteiger partial charge on any atom is 0.160 e. The van der Waals surface area contributed by atoms with Gasteiger partial charge in [-0.1, -0.05) is 24.3 Å². The molecule has 0 saturated heterocycles. The van der Waals surface area contributed by atoms with Gasteiger partial charge in [0.2, 0.25) is 0 Å². The number of carbonyl (C=O) groups excluding carboxylic acids is 1. The number of ketones is 1. The normalized spacial score (nSPS) is 9.93. The molecule has 1 aromatic carbocycles. The molecule has 2 rings (SSSR count). The third-order valence-corrected chi connectivity index (χ3v) is 2.30. The third kappa shape index (κ3) is 1.94. The lowest BCUT2D eigenvalue weighted by molar-refractivity contribution is 0.101. The Bertz CT molecular complexity index is 477. The van der Waals surface area contributed by atoms with Crippen molar-refractivity contribution in [2.45, 2.75) is 6.92 Å². The first kappa shape index (κ1) is 9.59. The molecule has 0 fully saturated rings. The van der Waals surface area contributed by atoms with Gasteiger partial charge < -0.3 is 0 Å². The lowest BCUT2D eigenvalue weighted by Gasteiger charge is -2.05. The first-order chi connectivity index (χ1) is 7.29. The van der Waals surface area contributed by atoms with Crippen molar-refractivity contribution in [1.29, 1.82) is 0 Å². The molecule has 2 heteroatoms. The van der Waals surface area contributed by atoms with Gasteiger partial charge in [-0.2, -0.15) is 0 Å². The van der Waals surface area contributed by atoms with Gasteiger partial charge in [0.15, 0.2) is 5.78 Å². The largest absolute Gasteiger partial charge is 0.294 e. The number of nitrogens with zero attached hydrogens (tertiary/aromatic N) is 1. The molecule has 0 N–H and O–H groups in total. The predicted octanol–water partition coefficient (Wildman–Crippen LogP) is 2.95. The molecule has 0 atom stereocenters. The number of aromatic nitrogens is 1. The van der Waals surface area contributed by atoms with E-state index in [-0.39, 0.29) is 5.78 Å². The zero-order chi connectivity index (χ0) is 10.7. The molecular formula is C13H11NO. The fraction of sp³-hybridized carbons (Fsp3) is 0.0769. The number of hydrogen-bond acceptors (Lipinski definition) is 2. The summed E-state index contributed by atoms with van der Waals surface area (Å²) in [7, 11) is 0. The molecule has 1 heterocycles. The molecular weight excluding hydrogens is 186 g/mol. The van der Waals surface area contributed by atoms with Crippen molar-refractivity contribution in [2.75, 3.05) is 0 Å². The van der Waals surface area contributed by atoms with E-state index in [0.717, 1.165) is 16.7 Å². The zero-order valence-corrected chi connectivity index (χ0v) is 8.47. The zero-order valence-electron chi connectivity index (χ0n) is 8.47. The number of hydrogen-bond donors (Lipinski definition) is 0. The van der Waals surface area contributed by atoms with Crippen LogP contribution in [-0.4, -0.2) is 10.8 Å². The van der Waals surface area contributed by atoms with Crippen LogP contribution in [0.25, 0.3) is 11.1 Å². The summed E-state index contributed by atoms with van der Waals surface area (Å²) < 4.78 is 0. The molecule has 0 bridgehead atoms. The van der Waals surface area contributed by atoms with Crippen LogP contribution >= 0.6 is 0 Å². The second-order valence-electron chi connectivity index (χ2n) is 3.34. The fourth-order valence-electron chi connectivity index (χ4n) is 1.57. The van der Waals surface area contributed by atoms with Crippen LogP contribution in [0.2, 0.25) is 0 Å². The van der Waals surface area contributed by atoms with Crippen LogP contribution < -0.4 is 0 Å². The molecule has 0 aliphatic carbocycles. The van der Waals surface area contributed by atoms with E-state index in [1.165, 1.54) is 0 Å². The molecule has 0 amide bonds. The average Bonchev–Trinajstić information content (AvgIpc) is 2.30. The van der Waals surface area contributed by atoms with Crippen molar-refractivity contribution < 1.29 is 4.79 Å². The van der Waals surface area contributed by atoms with E-state index in [0.29, 0.717) is 0 Å². The number of pyridine rings is 1. The van der Waals surface area contributed by atoms with Gasteiger partial charge in [0.1, 0.15) is 0 Å². The smallest absolute Gasteiger partial charge is 0.160 e. The Kier molecular flexibility index (Phi) is 2.59. The van der Waals surface area contributed by atoms with E-state index in [1.807, 2.05) is 36.4 Å². The van der Waals surface area contributed by atoms with Crippen LogP contribution in [0.4, 0.5) is 0 Å². The monoisotopic (exact) mass is 197 g/mol. The molecule has 0 radical (unpaired) electrons. The van der Waals surface area contributed by atoms with Gasteiger partial charge in [0.05, 0.1) is 0 Å².